The van der Waals surface area contributed by atoms with Gasteiger partial charge >= 0.3 is 5.69 Å². The van der Waals surface area contributed by atoms with E-state index in [9.17, 15) is 10.1 Å². The Morgan fingerprint density at radius 3 is 2.85 bits per heavy atom. The minimum atomic E-state index is -0.621. The number of hydrogen-bond acceptors (Lipinski definition) is 7. The van der Waals surface area contributed by atoms with Gasteiger partial charge in [0.1, 0.15) is 16.8 Å². The maximum absolute atomic E-state index is 10.9. The summed E-state index contributed by atoms with van der Waals surface area (Å²) >= 11 is 5.67. The van der Waals surface area contributed by atoms with Gasteiger partial charge in [0.25, 0.3) is 5.88 Å². The van der Waals surface area contributed by atoms with E-state index in [0.29, 0.717) is 16.8 Å². The Kier molecular flexibility index (Phi) is 2.92. The molecule has 0 saturated carbocycles. The Labute approximate surface area is 116 Å². The average molecular weight is 293 g/mol. The third-order valence-corrected chi connectivity index (χ3v) is 2.64. The summed E-state index contributed by atoms with van der Waals surface area (Å²) in [6, 6.07) is 5.89. The van der Waals surface area contributed by atoms with Gasteiger partial charge in [-0.25, -0.2) is 9.61 Å². The second-order valence-electron chi connectivity index (χ2n) is 3.75. The first-order valence-corrected chi connectivity index (χ1v) is 5.71. The fourth-order valence-electron chi connectivity index (χ4n) is 1.56. The predicted molar refractivity (Wildman–Crippen MR) is 67.8 cm³/mol. The van der Waals surface area contributed by atoms with Crippen LogP contribution in [0, 0.1) is 10.1 Å². The molecule has 0 saturated heterocycles. The van der Waals surface area contributed by atoms with Crippen molar-refractivity contribution in [3.05, 3.63) is 45.6 Å². The Morgan fingerprint density at radius 1 is 1.25 bits per heavy atom. The molecule has 0 aliphatic carbocycles. The highest BCUT2D eigenvalue weighted by Gasteiger charge is 2.18. The quantitative estimate of drug-likeness (QED) is 0.539. The summed E-state index contributed by atoms with van der Waals surface area (Å²) in [7, 11) is 0. The molecule has 3 rings (SSSR count). The first-order valence-electron chi connectivity index (χ1n) is 5.33. The zero-order chi connectivity index (χ0) is 14.1. The van der Waals surface area contributed by atoms with E-state index in [1.54, 1.807) is 12.1 Å². The SMILES string of the molecule is O=[N+]([O-])c1cc(Cl)cnc1Oc1ccc2nonc2c1. The molecule has 100 valence electrons. The van der Waals surface area contributed by atoms with Gasteiger partial charge in [-0.2, -0.15) is 0 Å². The molecule has 0 radical (unpaired) electrons. The zero-order valence-corrected chi connectivity index (χ0v) is 10.4. The molecule has 8 nitrogen and oxygen atoms in total. The van der Waals surface area contributed by atoms with Gasteiger partial charge in [-0.1, -0.05) is 11.6 Å². The summed E-state index contributed by atoms with van der Waals surface area (Å²) in [5.41, 5.74) is 0.700. The first kappa shape index (κ1) is 12.3. The van der Waals surface area contributed by atoms with Crippen LogP contribution in [0.5, 0.6) is 11.6 Å². The normalized spacial score (nSPS) is 10.7. The van der Waals surface area contributed by atoms with Crippen LogP contribution in [0.25, 0.3) is 11.0 Å². The van der Waals surface area contributed by atoms with Crippen molar-refractivity contribution >= 4 is 28.3 Å². The highest BCUT2D eigenvalue weighted by Crippen LogP contribution is 2.31. The van der Waals surface area contributed by atoms with Gasteiger partial charge in [0.15, 0.2) is 0 Å². The molecule has 0 amide bonds. The Morgan fingerprint density at radius 2 is 2.05 bits per heavy atom. The number of rotatable bonds is 3. The van der Waals surface area contributed by atoms with Gasteiger partial charge in [-0.15, -0.1) is 0 Å². The van der Waals surface area contributed by atoms with Gasteiger partial charge in [0.05, 0.1) is 16.1 Å². The van der Waals surface area contributed by atoms with E-state index in [-0.39, 0.29) is 16.6 Å². The van der Waals surface area contributed by atoms with E-state index in [2.05, 4.69) is 19.9 Å². The Balaban J connectivity index is 1.99. The van der Waals surface area contributed by atoms with Crippen molar-refractivity contribution in [1.29, 1.82) is 0 Å². The van der Waals surface area contributed by atoms with Gasteiger partial charge in [-0.05, 0) is 22.4 Å². The summed E-state index contributed by atoms with van der Waals surface area (Å²) in [6.45, 7) is 0. The highest BCUT2D eigenvalue weighted by atomic mass is 35.5. The molecule has 20 heavy (non-hydrogen) atoms. The molecule has 0 atom stereocenters. The minimum absolute atomic E-state index is 0.153. The maximum Gasteiger partial charge on any atom is 0.332 e. The topological polar surface area (TPSA) is 104 Å². The van der Waals surface area contributed by atoms with Crippen molar-refractivity contribution in [3.63, 3.8) is 0 Å². The molecule has 0 bridgehead atoms. The van der Waals surface area contributed by atoms with Gasteiger partial charge in [-0.3, -0.25) is 10.1 Å². The number of nitro groups is 1. The lowest BCUT2D eigenvalue weighted by atomic mass is 10.3. The number of pyridine rings is 1. The number of ether oxygens (including phenoxy) is 1. The van der Waals surface area contributed by atoms with Crippen molar-refractivity contribution in [2.75, 3.05) is 0 Å². The van der Waals surface area contributed by atoms with Crippen molar-refractivity contribution in [2.45, 2.75) is 0 Å². The van der Waals surface area contributed by atoms with Crippen LogP contribution >= 0.6 is 11.6 Å². The molecule has 1 aromatic carbocycles. The lowest BCUT2D eigenvalue weighted by Crippen LogP contribution is -1.96. The summed E-state index contributed by atoms with van der Waals surface area (Å²) in [6.07, 6.45) is 1.26. The number of halogens is 1. The van der Waals surface area contributed by atoms with Gasteiger partial charge in [0.2, 0.25) is 0 Å². The number of benzene rings is 1. The molecule has 0 spiro atoms. The van der Waals surface area contributed by atoms with Crippen LogP contribution in [0.3, 0.4) is 0 Å². The monoisotopic (exact) mass is 292 g/mol. The van der Waals surface area contributed by atoms with E-state index in [4.69, 9.17) is 16.3 Å². The van der Waals surface area contributed by atoms with Crippen LogP contribution in [0.4, 0.5) is 5.69 Å². The van der Waals surface area contributed by atoms with Crippen LogP contribution in [0.1, 0.15) is 0 Å². The summed E-state index contributed by atoms with van der Waals surface area (Å²) in [5, 5.41) is 18.4. The molecule has 9 heteroatoms. The minimum Gasteiger partial charge on any atom is -0.434 e. The van der Waals surface area contributed by atoms with E-state index in [0.717, 1.165) is 0 Å². The van der Waals surface area contributed by atoms with Crippen LogP contribution in [-0.4, -0.2) is 20.2 Å². The predicted octanol–water partition coefficient (Wildman–Crippen LogP) is 2.97. The molecule has 3 aromatic rings. The molecule has 0 aliphatic heterocycles. The van der Waals surface area contributed by atoms with E-state index in [1.807, 2.05) is 0 Å². The Bertz CT molecular complexity index is 804. The summed E-state index contributed by atoms with van der Waals surface area (Å²) in [4.78, 5) is 14.1. The lowest BCUT2D eigenvalue weighted by molar-refractivity contribution is -0.386. The highest BCUT2D eigenvalue weighted by molar-refractivity contribution is 6.30. The Hall–Kier alpha value is -2.74. The maximum atomic E-state index is 10.9. The second kappa shape index (κ2) is 4.74. The van der Waals surface area contributed by atoms with Crippen LogP contribution in [-0.2, 0) is 0 Å². The average Bonchev–Trinajstić information content (AvgIpc) is 2.88. The smallest absolute Gasteiger partial charge is 0.332 e. The molecule has 2 aromatic heterocycles. The number of fused-ring (bicyclic) bond motifs is 1. The molecule has 0 unspecified atom stereocenters. The van der Waals surface area contributed by atoms with E-state index in [1.165, 1.54) is 18.3 Å². The van der Waals surface area contributed by atoms with Gasteiger partial charge in [0, 0.05) is 12.1 Å². The van der Waals surface area contributed by atoms with Crippen molar-refractivity contribution < 1.29 is 14.3 Å². The molecule has 2 heterocycles. The van der Waals surface area contributed by atoms with Gasteiger partial charge < -0.3 is 4.74 Å². The number of nitrogens with zero attached hydrogens (tertiary/aromatic N) is 4. The molecule has 0 fully saturated rings. The van der Waals surface area contributed by atoms with Crippen LogP contribution < -0.4 is 4.74 Å². The molecular formula is C11H5ClN4O4. The van der Waals surface area contributed by atoms with Crippen molar-refractivity contribution in [1.82, 2.24) is 15.3 Å². The standard InChI is InChI=1S/C11H5ClN4O4/c12-6-3-10(16(17)18)11(13-5-6)19-7-1-2-8-9(4-7)15-20-14-8/h1-5H. The zero-order valence-electron chi connectivity index (χ0n) is 9.69. The van der Waals surface area contributed by atoms with E-state index < -0.39 is 4.92 Å². The largest absolute Gasteiger partial charge is 0.434 e. The molecule has 0 aliphatic rings. The third-order valence-electron chi connectivity index (χ3n) is 2.44. The fraction of sp³-hybridized carbons (Fsp3) is 0. The molecule has 0 N–H and O–H groups in total. The van der Waals surface area contributed by atoms with Crippen molar-refractivity contribution in [3.8, 4) is 11.6 Å². The lowest BCUT2D eigenvalue weighted by Gasteiger charge is -2.04. The number of hydrogen-bond donors (Lipinski definition) is 0. The molecular weight excluding hydrogens is 288 g/mol. The first-order chi connectivity index (χ1) is 9.63. The fourth-order valence-corrected chi connectivity index (χ4v) is 1.71. The van der Waals surface area contributed by atoms with E-state index >= 15 is 0 Å². The summed E-state index contributed by atoms with van der Waals surface area (Å²) < 4.78 is 9.93. The second-order valence-corrected chi connectivity index (χ2v) is 4.19. The third kappa shape index (κ3) is 2.24. The van der Waals surface area contributed by atoms with Crippen LogP contribution in [0.2, 0.25) is 5.02 Å². The van der Waals surface area contributed by atoms with Crippen molar-refractivity contribution in [2.24, 2.45) is 0 Å². The summed E-state index contributed by atoms with van der Waals surface area (Å²) in [5.74, 6) is 0.168. The van der Waals surface area contributed by atoms with Crippen LogP contribution in [0.15, 0.2) is 35.1 Å². The number of aromatic nitrogens is 3.